The molecule has 3 nitrogen and oxygen atoms in total. The van der Waals surface area contributed by atoms with Crippen LogP contribution >= 0.6 is 0 Å². The van der Waals surface area contributed by atoms with Crippen LogP contribution in [0.4, 0.5) is 0 Å². The van der Waals surface area contributed by atoms with E-state index in [0.29, 0.717) is 11.8 Å². The molecule has 2 aliphatic heterocycles. The fourth-order valence-corrected chi connectivity index (χ4v) is 6.18. The summed E-state index contributed by atoms with van der Waals surface area (Å²) in [5, 5.41) is 0. The van der Waals surface area contributed by atoms with Gasteiger partial charge in [0.1, 0.15) is 17.1 Å². The summed E-state index contributed by atoms with van der Waals surface area (Å²) in [6, 6.07) is 0. The van der Waals surface area contributed by atoms with Gasteiger partial charge in [0.2, 0.25) is 0 Å². The maximum atomic E-state index is 12.6. The van der Waals surface area contributed by atoms with E-state index in [0.717, 1.165) is 68.5 Å². The summed E-state index contributed by atoms with van der Waals surface area (Å²) in [4.78, 5) is 12.6. The number of allylic oxidation sites excluding steroid dienone is 5. The predicted molar refractivity (Wildman–Crippen MR) is 116 cm³/mol. The highest BCUT2D eigenvalue weighted by atomic mass is 16.5. The molecule has 0 bridgehead atoms. The lowest BCUT2D eigenvalue weighted by molar-refractivity contribution is -0.132. The smallest absolute Gasteiger partial charge is 0.339 e. The quantitative estimate of drug-likeness (QED) is 0.392. The minimum atomic E-state index is -0.238. The Bertz CT molecular complexity index is 825. The van der Waals surface area contributed by atoms with E-state index in [1.165, 1.54) is 11.1 Å². The summed E-state index contributed by atoms with van der Waals surface area (Å²) in [7, 11) is 0. The van der Waals surface area contributed by atoms with Crippen molar-refractivity contribution >= 4 is 5.97 Å². The standard InChI is InChI=1S/C26H34O3/c1-5-8-14-23-24(18(7-3)25(27)28-23)20-15-16-26(21(20)11-6-2)22-13-10-9-12-19(22)17(4)29-26/h7,9,12,14,20-21,24H,4-6,8,10-11,13,15-16H2,1-3H3/b18-7+,23-14-/t20?,21-,24+,26-/m1/s1. The van der Waals surface area contributed by atoms with Crippen LogP contribution in [0.2, 0.25) is 0 Å². The third-order valence-electron chi connectivity index (χ3n) is 7.31. The van der Waals surface area contributed by atoms with Crippen molar-refractivity contribution in [3.8, 4) is 0 Å². The van der Waals surface area contributed by atoms with Crippen LogP contribution in [-0.2, 0) is 14.3 Å². The minimum absolute atomic E-state index is 0.0654. The molecule has 3 heteroatoms. The number of hydrogen-bond donors (Lipinski definition) is 0. The minimum Gasteiger partial charge on any atom is -0.483 e. The van der Waals surface area contributed by atoms with Crippen LogP contribution in [0.15, 0.2) is 59.1 Å². The number of rotatable bonds is 5. The first-order valence-corrected chi connectivity index (χ1v) is 11.4. The zero-order valence-electron chi connectivity index (χ0n) is 18.1. The molecule has 0 N–H and O–H groups in total. The van der Waals surface area contributed by atoms with E-state index in [9.17, 15) is 4.79 Å². The Balaban J connectivity index is 1.75. The Labute approximate surface area is 175 Å². The molecule has 2 fully saturated rings. The number of cyclic esters (lactones) is 1. The van der Waals surface area contributed by atoms with Gasteiger partial charge in [-0.15, -0.1) is 0 Å². The molecule has 1 unspecified atom stereocenters. The predicted octanol–water partition coefficient (Wildman–Crippen LogP) is 6.55. The number of carbonyl (C=O) groups is 1. The molecular formula is C26H34O3. The van der Waals surface area contributed by atoms with Crippen molar-refractivity contribution in [2.75, 3.05) is 0 Å². The largest absolute Gasteiger partial charge is 0.483 e. The highest BCUT2D eigenvalue weighted by molar-refractivity contribution is 5.93. The summed E-state index contributed by atoms with van der Waals surface area (Å²) in [5.41, 5.74) is 3.28. The normalized spacial score (nSPS) is 36.4. The van der Waals surface area contributed by atoms with Gasteiger partial charge < -0.3 is 9.47 Å². The second-order valence-corrected chi connectivity index (χ2v) is 8.85. The van der Waals surface area contributed by atoms with Gasteiger partial charge in [-0.3, -0.25) is 0 Å². The van der Waals surface area contributed by atoms with Crippen molar-refractivity contribution < 1.29 is 14.3 Å². The lowest BCUT2D eigenvalue weighted by atomic mass is 9.70. The number of hydrogen-bond acceptors (Lipinski definition) is 3. The van der Waals surface area contributed by atoms with Gasteiger partial charge in [-0.1, -0.05) is 51.5 Å². The molecule has 0 aromatic heterocycles. The van der Waals surface area contributed by atoms with Crippen molar-refractivity contribution in [2.24, 2.45) is 17.8 Å². The van der Waals surface area contributed by atoms with Crippen LogP contribution in [0, 0.1) is 17.8 Å². The van der Waals surface area contributed by atoms with E-state index >= 15 is 0 Å². The monoisotopic (exact) mass is 394 g/mol. The highest BCUT2D eigenvalue weighted by Crippen LogP contribution is 2.60. The lowest BCUT2D eigenvalue weighted by Crippen LogP contribution is -2.39. The number of fused-ring (bicyclic) bond motifs is 1. The van der Waals surface area contributed by atoms with E-state index in [2.05, 4.69) is 38.7 Å². The summed E-state index contributed by atoms with van der Waals surface area (Å²) < 4.78 is 12.4. The molecule has 4 rings (SSSR count). The number of esters is 1. The molecule has 1 saturated carbocycles. The Kier molecular flexibility index (Phi) is 5.59. The first-order chi connectivity index (χ1) is 14.1. The van der Waals surface area contributed by atoms with Crippen LogP contribution in [0.1, 0.15) is 72.1 Å². The average molecular weight is 395 g/mol. The first kappa shape index (κ1) is 20.3. The number of unbranched alkanes of at least 4 members (excludes halogenated alkanes) is 1. The third-order valence-corrected chi connectivity index (χ3v) is 7.31. The molecule has 4 atom stereocenters. The van der Waals surface area contributed by atoms with E-state index in [1.807, 2.05) is 13.0 Å². The molecule has 2 aliphatic carbocycles. The van der Waals surface area contributed by atoms with Gasteiger partial charge in [-0.2, -0.15) is 0 Å². The summed E-state index contributed by atoms with van der Waals surface area (Å²) in [5.74, 6) is 2.36. The van der Waals surface area contributed by atoms with E-state index in [1.54, 1.807) is 0 Å². The van der Waals surface area contributed by atoms with Gasteiger partial charge in [-0.25, -0.2) is 4.79 Å². The Morgan fingerprint density at radius 3 is 2.86 bits per heavy atom. The van der Waals surface area contributed by atoms with Gasteiger partial charge in [0.05, 0.1) is 5.92 Å². The van der Waals surface area contributed by atoms with E-state index in [-0.39, 0.29) is 17.5 Å². The number of ether oxygens (including phenoxy) is 2. The fraction of sp³-hybridized carbons (Fsp3) is 0.577. The number of carbonyl (C=O) groups excluding carboxylic acids is 1. The van der Waals surface area contributed by atoms with E-state index in [4.69, 9.17) is 9.47 Å². The second-order valence-electron chi connectivity index (χ2n) is 8.85. The molecule has 4 aliphatic rings. The molecule has 0 aromatic rings. The Morgan fingerprint density at radius 2 is 2.14 bits per heavy atom. The van der Waals surface area contributed by atoms with Crippen LogP contribution in [0.3, 0.4) is 0 Å². The lowest BCUT2D eigenvalue weighted by Gasteiger charge is -2.37. The summed E-state index contributed by atoms with van der Waals surface area (Å²) in [6.45, 7) is 10.6. The molecule has 1 spiro atoms. The molecule has 0 aromatic carbocycles. The molecule has 0 amide bonds. The summed E-state index contributed by atoms with van der Waals surface area (Å²) >= 11 is 0. The molecule has 1 saturated heterocycles. The average Bonchev–Trinajstić information content (AvgIpc) is 3.33. The van der Waals surface area contributed by atoms with Crippen molar-refractivity contribution in [1.29, 1.82) is 0 Å². The Hall–Kier alpha value is -2.03. The van der Waals surface area contributed by atoms with Crippen LogP contribution < -0.4 is 0 Å². The maximum Gasteiger partial charge on any atom is 0.339 e. The van der Waals surface area contributed by atoms with Gasteiger partial charge in [0.15, 0.2) is 0 Å². The topological polar surface area (TPSA) is 35.5 Å². The SMILES string of the molecule is C=C1O[C@@]2(CCC([C@H]3/C(=C/CCC)OC(=O)/C3=C/C)[C@H]2CCC)C2=C1C=CCC2. The first-order valence-electron chi connectivity index (χ1n) is 11.4. The van der Waals surface area contributed by atoms with Crippen molar-refractivity contribution in [2.45, 2.75) is 77.7 Å². The molecule has 2 heterocycles. The molecule has 156 valence electrons. The molecule has 0 radical (unpaired) electrons. The van der Waals surface area contributed by atoms with Gasteiger partial charge >= 0.3 is 5.97 Å². The maximum absolute atomic E-state index is 12.6. The zero-order valence-corrected chi connectivity index (χ0v) is 18.1. The van der Waals surface area contributed by atoms with E-state index < -0.39 is 0 Å². The molecular weight excluding hydrogens is 360 g/mol. The van der Waals surface area contributed by atoms with Crippen LogP contribution in [-0.4, -0.2) is 11.6 Å². The molecule has 29 heavy (non-hydrogen) atoms. The van der Waals surface area contributed by atoms with Crippen molar-refractivity contribution in [1.82, 2.24) is 0 Å². The van der Waals surface area contributed by atoms with Gasteiger partial charge in [0.25, 0.3) is 0 Å². The van der Waals surface area contributed by atoms with Gasteiger partial charge in [-0.05, 0) is 63.0 Å². The zero-order chi connectivity index (χ0) is 20.6. The third kappa shape index (κ3) is 3.14. The highest BCUT2D eigenvalue weighted by Gasteiger charge is 2.59. The Morgan fingerprint density at radius 1 is 1.31 bits per heavy atom. The van der Waals surface area contributed by atoms with Crippen LogP contribution in [0.25, 0.3) is 0 Å². The van der Waals surface area contributed by atoms with Crippen LogP contribution in [0.5, 0.6) is 0 Å². The van der Waals surface area contributed by atoms with Crippen molar-refractivity contribution in [3.05, 3.63) is 59.1 Å². The van der Waals surface area contributed by atoms with Gasteiger partial charge in [0, 0.05) is 17.1 Å². The fourth-order valence-electron chi connectivity index (χ4n) is 6.18. The summed E-state index contributed by atoms with van der Waals surface area (Å²) in [6.07, 6.45) is 17.0. The van der Waals surface area contributed by atoms with Crippen molar-refractivity contribution in [3.63, 3.8) is 0 Å². The second kappa shape index (κ2) is 8.01.